The Morgan fingerprint density at radius 2 is 2.24 bits per heavy atom. The Balaban J connectivity index is 1.76. The molecule has 0 aromatic carbocycles. The molecular formula is C13H22N2S2. The Hall–Kier alpha value is -0.0600. The highest BCUT2D eigenvalue weighted by Crippen LogP contribution is 2.27. The third-order valence-electron chi connectivity index (χ3n) is 3.26. The largest absolute Gasteiger partial charge is 0.320 e. The Labute approximate surface area is 113 Å². The minimum atomic E-state index is 0.896. The van der Waals surface area contributed by atoms with Crippen molar-refractivity contribution in [2.24, 2.45) is 5.92 Å². The van der Waals surface area contributed by atoms with Gasteiger partial charge in [-0.25, -0.2) is 4.98 Å². The molecule has 0 spiro atoms. The summed E-state index contributed by atoms with van der Waals surface area (Å²) in [4.78, 5) is 4.76. The summed E-state index contributed by atoms with van der Waals surface area (Å²) in [6, 6.07) is 0. The molecule has 1 aromatic heterocycles. The Bertz CT molecular complexity index is 319. The maximum absolute atomic E-state index is 4.76. The molecule has 2 heterocycles. The maximum Gasteiger partial charge on any atom is 0.0931 e. The summed E-state index contributed by atoms with van der Waals surface area (Å²) in [5.41, 5.74) is 1.30. The van der Waals surface area contributed by atoms with Gasteiger partial charge in [0, 0.05) is 11.8 Å². The first-order chi connectivity index (χ1) is 8.38. The Morgan fingerprint density at radius 1 is 1.41 bits per heavy atom. The summed E-state index contributed by atoms with van der Waals surface area (Å²) in [7, 11) is 2.01. The van der Waals surface area contributed by atoms with Crippen molar-refractivity contribution in [1.82, 2.24) is 10.3 Å². The molecule has 1 aromatic rings. The first-order valence-corrected chi connectivity index (χ1v) is 8.57. The minimum absolute atomic E-state index is 0.896. The van der Waals surface area contributed by atoms with Crippen molar-refractivity contribution in [3.8, 4) is 0 Å². The summed E-state index contributed by atoms with van der Waals surface area (Å²) in [5, 5.41) is 6.80. The molecule has 0 atom stereocenters. The summed E-state index contributed by atoms with van der Waals surface area (Å²) in [5.74, 6) is 3.60. The molecule has 0 aliphatic carbocycles. The van der Waals surface area contributed by atoms with Gasteiger partial charge in [0.15, 0.2) is 0 Å². The topological polar surface area (TPSA) is 24.9 Å². The van der Waals surface area contributed by atoms with Crippen LogP contribution in [0.2, 0.25) is 0 Å². The van der Waals surface area contributed by atoms with Crippen LogP contribution in [0.15, 0.2) is 5.38 Å². The van der Waals surface area contributed by atoms with E-state index in [4.69, 9.17) is 4.98 Å². The Kier molecular flexibility index (Phi) is 5.81. The zero-order valence-electron chi connectivity index (χ0n) is 10.6. The highest BCUT2D eigenvalue weighted by atomic mass is 32.2. The van der Waals surface area contributed by atoms with Gasteiger partial charge in [0.25, 0.3) is 0 Å². The summed E-state index contributed by atoms with van der Waals surface area (Å²) < 4.78 is 0. The summed E-state index contributed by atoms with van der Waals surface area (Å²) in [6.45, 7) is 1.09. The first-order valence-electron chi connectivity index (χ1n) is 6.54. The third kappa shape index (κ3) is 4.60. The van der Waals surface area contributed by atoms with Crippen LogP contribution in [0.3, 0.4) is 0 Å². The lowest BCUT2D eigenvalue weighted by molar-refractivity contribution is 0.486. The number of nitrogens with zero attached hydrogens (tertiary/aromatic N) is 1. The monoisotopic (exact) mass is 270 g/mol. The van der Waals surface area contributed by atoms with Crippen molar-refractivity contribution in [2.75, 3.05) is 25.1 Å². The van der Waals surface area contributed by atoms with Gasteiger partial charge in [0.05, 0.1) is 10.7 Å². The van der Waals surface area contributed by atoms with E-state index in [1.54, 1.807) is 0 Å². The minimum Gasteiger partial charge on any atom is -0.320 e. The van der Waals surface area contributed by atoms with E-state index in [2.05, 4.69) is 22.5 Å². The van der Waals surface area contributed by atoms with E-state index in [-0.39, 0.29) is 0 Å². The average molecular weight is 270 g/mol. The highest BCUT2D eigenvalue weighted by Gasteiger charge is 2.15. The molecule has 1 N–H and O–H groups in total. The number of aromatic nitrogens is 1. The van der Waals surface area contributed by atoms with Crippen LogP contribution in [0.25, 0.3) is 0 Å². The van der Waals surface area contributed by atoms with Crippen molar-refractivity contribution < 1.29 is 0 Å². The van der Waals surface area contributed by atoms with E-state index in [0.717, 1.165) is 18.9 Å². The van der Waals surface area contributed by atoms with Crippen LogP contribution in [-0.2, 0) is 12.8 Å². The van der Waals surface area contributed by atoms with Crippen molar-refractivity contribution >= 4 is 23.1 Å². The zero-order chi connectivity index (χ0) is 11.9. The van der Waals surface area contributed by atoms with Crippen LogP contribution < -0.4 is 5.32 Å². The van der Waals surface area contributed by atoms with Crippen LogP contribution in [0.4, 0.5) is 0 Å². The lowest BCUT2D eigenvalue weighted by Crippen LogP contribution is -2.12. The molecule has 0 amide bonds. The fourth-order valence-corrected chi connectivity index (χ4v) is 4.35. The summed E-state index contributed by atoms with van der Waals surface area (Å²) >= 11 is 3.97. The van der Waals surface area contributed by atoms with Gasteiger partial charge in [0.2, 0.25) is 0 Å². The number of hydrogen-bond acceptors (Lipinski definition) is 4. The van der Waals surface area contributed by atoms with E-state index in [9.17, 15) is 0 Å². The van der Waals surface area contributed by atoms with Crippen molar-refractivity contribution in [1.29, 1.82) is 0 Å². The molecule has 0 radical (unpaired) electrons. The molecule has 1 aliphatic heterocycles. The van der Waals surface area contributed by atoms with Gasteiger partial charge in [-0.15, -0.1) is 11.3 Å². The SMILES string of the molecule is CNCCCc1csc(CC2CCSCC2)n1. The first kappa shape index (κ1) is 13.4. The summed E-state index contributed by atoms with van der Waals surface area (Å²) in [6.07, 6.45) is 6.31. The predicted molar refractivity (Wildman–Crippen MR) is 78.1 cm³/mol. The predicted octanol–water partition coefficient (Wildman–Crippen LogP) is 2.98. The van der Waals surface area contributed by atoms with Gasteiger partial charge >= 0.3 is 0 Å². The smallest absolute Gasteiger partial charge is 0.0931 e. The van der Waals surface area contributed by atoms with Gasteiger partial charge in [-0.1, -0.05) is 0 Å². The van der Waals surface area contributed by atoms with Crippen molar-refractivity contribution in [2.45, 2.75) is 32.1 Å². The van der Waals surface area contributed by atoms with E-state index in [1.165, 1.54) is 47.9 Å². The average Bonchev–Trinajstić information content (AvgIpc) is 2.79. The van der Waals surface area contributed by atoms with E-state index in [0.29, 0.717) is 0 Å². The van der Waals surface area contributed by atoms with Crippen LogP contribution in [-0.4, -0.2) is 30.1 Å². The van der Waals surface area contributed by atoms with Crippen molar-refractivity contribution in [3.63, 3.8) is 0 Å². The van der Waals surface area contributed by atoms with Crippen molar-refractivity contribution in [3.05, 3.63) is 16.1 Å². The molecule has 0 unspecified atom stereocenters. The van der Waals surface area contributed by atoms with Crippen LogP contribution in [0.1, 0.15) is 30.0 Å². The van der Waals surface area contributed by atoms with Gasteiger partial charge in [-0.3, -0.25) is 0 Å². The highest BCUT2D eigenvalue weighted by molar-refractivity contribution is 7.99. The Morgan fingerprint density at radius 3 is 3.00 bits per heavy atom. The fourth-order valence-electron chi connectivity index (χ4n) is 2.20. The van der Waals surface area contributed by atoms with Gasteiger partial charge in [0.1, 0.15) is 0 Å². The molecular weight excluding hydrogens is 248 g/mol. The lowest BCUT2D eigenvalue weighted by Gasteiger charge is -2.19. The number of thioether (sulfide) groups is 1. The number of thiazole rings is 1. The molecule has 2 nitrogen and oxygen atoms in total. The number of aryl methyl sites for hydroxylation is 1. The fraction of sp³-hybridized carbons (Fsp3) is 0.769. The second-order valence-corrected chi connectivity index (χ2v) is 6.87. The molecule has 4 heteroatoms. The molecule has 0 saturated carbocycles. The van der Waals surface area contributed by atoms with Gasteiger partial charge in [-0.2, -0.15) is 11.8 Å². The molecule has 1 aliphatic rings. The second kappa shape index (κ2) is 7.39. The maximum atomic E-state index is 4.76. The molecule has 0 bridgehead atoms. The van der Waals surface area contributed by atoms with E-state index < -0.39 is 0 Å². The lowest BCUT2D eigenvalue weighted by atomic mass is 9.99. The van der Waals surface area contributed by atoms with Gasteiger partial charge in [-0.05, 0) is 56.7 Å². The standard InChI is InChI=1S/C13H22N2S2/c1-14-6-2-3-12-10-17-13(15-12)9-11-4-7-16-8-5-11/h10-11,14H,2-9H2,1H3. The third-order valence-corrected chi connectivity index (χ3v) is 5.23. The quantitative estimate of drug-likeness (QED) is 0.805. The van der Waals surface area contributed by atoms with Crippen LogP contribution in [0, 0.1) is 5.92 Å². The number of rotatable bonds is 6. The normalized spacial score (nSPS) is 17.5. The number of hydrogen-bond donors (Lipinski definition) is 1. The van der Waals surface area contributed by atoms with Crippen LogP contribution >= 0.6 is 23.1 Å². The van der Waals surface area contributed by atoms with E-state index in [1.807, 2.05) is 18.4 Å². The van der Waals surface area contributed by atoms with Crippen LogP contribution in [0.5, 0.6) is 0 Å². The van der Waals surface area contributed by atoms with Gasteiger partial charge < -0.3 is 5.32 Å². The molecule has 17 heavy (non-hydrogen) atoms. The zero-order valence-corrected chi connectivity index (χ0v) is 12.2. The van der Waals surface area contributed by atoms with E-state index >= 15 is 0 Å². The second-order valence-electron chi connectivity index (χ2n) is 4.70. The number of nitrogens with one attached hydrogen (secondary N) is 1. The molecule has 2 rings (SSSR count). The molecule has 1 saturated heterocycles. The molecule has 96 valence electrons. The molecule has 1 fully saturated rings.